The van der Waals surface area contributed by atoms with Gasteiger partial charge in [0.15, 0.2) is 0 Å². The Morgan fingerprint density at radius 2 is 1.70 bits per heavy atom. The number of carbonyl (C=O) groups is 4. The standard InChI is InChI=1S/C29H33ClN4O5S/c1-17(2)14-23(31)28(37)34(27(36)18(3)32-25-10-7-13-40-25)24(29(38)39)15-19-11-12-20(30)16-22(19)26(35)33-21-8-5-4-6-9-21/h4-13,16-18,23-24,32H,14-15,31H2,1-3H3,(H,33,35)(H,38,39). The molecule has 1 heterocycles. The molecule has 3 aromatic rings. The van der Waals surface area contributed by atoms with Crippen LogP contribution in [0, 0.1) is 5.92 Å². The summed E-state index contributed by atoms with van der Waals surface area (Å²) in [5, 5.41) is 18.9. The van der Waals surface area contributed by atoms with E-state index in [0.29, 0.717) is 16.3 Å². The van der Waals surface area contributed by atoms with Crippen LogP contribution in [0.5, 0.6) is 0 Å². The fraction of sp³-hybridized carbons (Fsp3) is 0.310. The van der Waals surface area contributed by atoms with E-state index in [0.717, 1.165) is 4.90 Å². The van der Waals surface area contributed by atoms with Crippen LogP contribution in [-0.4, -0.2) is 51.8 Å². The number of hydrogen-bond acceptors (Lipinski definition) is 7. The molecule has 0 radical (unpaired) electrons. The maximum absolute atomic E-state index is 13.7. The SMILES string of the molecule is CC(C)CC(N)C(=O)N(C(=O)C(C)Nc1cccs1)C(Cc1ccc(Cl)cc1C(=O)Nc1ccccc1)C(=O)O. The zero-order chi connectivity index (χ0) is 29.4. The van der Waals surface area contributed by atoms with Gasteiger partial charge in [-0.3, -0.25) is 19.3 Å². The number of benzene rings is 2. The van der Waals surface area contributed by atoms with Crippen molar-refractivity contribution in [2.24, 2.45) is 11.7 Å². The molecule has 2 aromatic carbocycles. The molecule has 0 bridgehead atoms. The second-order valence-electron chi connectivity index (χ2n) is 9.81. The van der Waals surface area contributed by atoms with Crippen LogP contribution in [0.2, 0.25) is 5.02 Å². The molecule has 3 unspecified atom stereocenters. The number of rotatable bonds is 12. The Bertz CT molecular complexity index is 1330. The van der Waals surface area contributed by atoms with Gasteiger partial charge in [-0.15, -0.1) is 11.3 Å². The van der Waals surface area contributed by atoms with Crippen LogP contribution in [0.15, 0.2) is 66.0 Å². The zero-order valence-corrected chi connectivity index (χ0v) is 24.0. The molecule has 0 aliphatic rings. The van der Waals surface area contributed by atoms with Gasteiger partial charge in [0.25, 0.3) is 11.8 Å². The summed E-state index contributed by atoms with van der Waals surface area (Å²) < 4.78 is 0. The first-order valence-electron chi connectivity index (χ1n) is 12.8. The lowest BCUT2D eigenvalue weighted by Crippen LogP contribution is -2.58. The van der Waals surface area contributed by atoms with Gasteiger partial charge in [-0.05, 0) is 66.6 Å². The Kier molecular flexibility index (Phi) is 10.8. The lowest BCUT2D eigenvalue weighted by atomic mass is 9.96. The van der Waals surface area contributed by atoms with Gasteiger partial charge in [0, 0.05) is 22.7 Å². The zero-order valence-electron chi connectivity index (χ0n) is 22.5. The summed E-state index contributed by atoms with van der Waals surface area (Å²) in [5.74, 6) is -3.43. The summed E-state index contributed by atoms with van der Waals surface area (Å²) in [6.45, 7) is 5.30. The quantitative estimate of drug-likeness (QED) is 0.238. The summed E-state index contributed by atoms with van der Waals surface area (Å²) >= 11 is 7.55. The molecule has 0 spiro atoms. The highest BCUT2D eigenvalue weighted by Crippen LogP contribution is 2.23. The molecule has 0 aliphatic heterocycles. The van der Waals surface area contributed by atoms with Crippen molar-refractivity contribution in [1.82, 2.24) is 4.90 Å². The van der Waals surface area contributed by atoms with Gasteiger partial charge < -0.3 is 21.5 Å². The molecule has 3 atom stereocenters. The van der Waals surface area contributed by atoms with Gasteiger partial charge in [-0.2, -0.15) is 0 Å². The van der Waals surface area contributed by atoms with E-state index in [4.69, 9.17) is 17.3 Å². The number of anilines is 2. The number of halogens is 1. The van der Waals surface area contributed by atoms with E-state index in [1.807, 2.05) is 19.2 Å². The molecule has 9 nitrogen and oxygen atoms in total. The van der Waals surface area contributed by atoms with Gasteiger partial charge >= 0.3 is 5.97 Å². The van der Waals surface area contributed by atoms with E-state index in [1.165, 1.54) is 29.5 Å². The molecule has 3 rings (SSSR count). The van der Waals surface area contributed by atoms with E-state index >= 15 is 0 Å². The Balaban J connectivity index is 1.99. The summed E-state index contributed by atoms with van der Waals surface area (Å²) in [6, 6.07) is 13.1. The van der Waals surface area contributed by atoms with Crippen molar-refractivity contribution in [2.75, 3.05) is 10.6 Å². The average molecular weight is 585 g/mol. The normalized spacial score (nSPS) is 13.2. The molecule has 212 valence electrons. The van der Waals surface area contributed by atoms with Gasteiger partial charge in [-0.25, -0.2) is 4.79 Å². The predicted octanol–water partition coefficient (Wildman–Crippen LogP) is 4.88. The molecule has 5 N–H and O–H groups in total. The number of imide groups is 1. The third-order valence-electron chi connectivity index (χ3n) is 6.13. The van der Waals surface area contributed by atoms with Crippen LogP contribution in [0.25, 0.3) is 0 Å². The molecular formula is C29H33ClN4O5S. The number of thiophene rings is 1. The second kappa shape index (κ2) is 14.1. The minimum Gasteiger partial charge on any atom is -0.480 e. The largest absolute Gasteiger partial charge is 0.480 e. The Hall–Kier alpha value is -3.73. The maximum Gasteiger partial charge on any atom is 0.327 e. The topological polar surface area (TPSA) is 142 Å². The Labute approximate surface area is 242 Å². The highest BCUT2D eigenvalue weighted by Gasteiger charge is 2.39. The Morgan fingerprint density at radius 3 is 2.30 bits per heavy atom. The molecule has 11 heteroatoms. The van der Waals surface area contributed by atoms with Crippen molar-refractivity contribution >= 4 is 57.3 Å². The fourth-order valence-corrected chi connectivity index (χ4v) is 5.08. The third kappa shape index (κ3) is 8.14. The van der Waals surface area contributed by atoms with Crippen molar-refractivity contribution in [1.29, 1.82) is 0 Å². The van der Waals surface area contributed by atoms with Crippen molar-refractivity contribution in [2.45, 2.75) is 51.7 Å². The first-order chi connectivity index (χ1) is 19.0. The van der Waals surface area contributed by atoms with Crippen LogP contribution < -0.4 is 16.4 Å². The summed E-state index contributed by atoms with van der Waals surface area (Å²) in [5.41, 5.74) is 7.13. The summed E-state index contributed by atoms with van der Waals surface area (Å²) in [4.78, 5) is 53.8. The molecule has 3 amide bonds. The van der Waals surface area contributed by atoms with Crippen LogP contribution >= 0.6 is 22.9 Å². The minimum absolute atomic E-state index is 0.0328. The third-order valence-corrected chi connectivity index (χ3v) is 7.16. The maximum atomic E-state index is 13.7. The number of carboxylic acid groups (broad SMARTS) is 1. The van der Waals surface area contributed by atoms with E-state index in [9.17, 15) is 24.3 Å². The van der Waals surface area contributed by atoms with Crippen molar-refractivity contribution in [3.63, 3.8) is 0 Å². The molecule has 40 heavy (non-hydrogen) atoms. The van der Waals surface area contributed by atoms with Crippen molar-refractivity contribution in [3.05, 3.63) is 82.2 Å². The monoisotopic (exact) mass is 584 g/mol. The lowest BCUT2D eigenvalue weighted by molar-refractivity contribution is -0.159. The molecule has 0 saturated heterocycles. The highest BCUT2D eigenvalue weighted by atomic mass is 35.5. The number of carboxylic acids is 1. The van der Waals surface area contributed by atoms with E-state index in [2.05, 4.69) is 10.6 Å². The number of amides is 3. The van der Waals surface area contributed by atoms with Crippen LogP contribution in [0.4, 0.5) is 10.7 Å². The minimum atomic E-state index is -1.63. The number of para-hydroxylation sites is 1. The van der Waals surface area contributed by atoms with Crippen molar-refractivity contribution in [3.8, 4) is 0 Å². The smallest absolute Gasteiger partial charge is 0.327 e. The molecule has 0 aliphatic carbocycles. The van der Waals surface area contributed by atoms with Gasteiger partial charge in [0.2, 0.25) is 5.91 Å². The Morgan fingerprint density at radius 1 is 1.00 bits per heavy atom. The number of nitrogens with zero attached hydrogens (tertiary/aromatic N) is 1. The highest BCUT2D eigenvalue weighted by molar-refractivity contribution is 7.14. The van der Waals surface area contributed by atoms with Gasteiger partial charge in [0.05, 0.1) is 11.0 Å². The fourth-order valence-electron chi connectivity index (χ4n) is 4.20. The molecule has 1 aromatic heterocycles. The van der Waals surface area contributed by atoms with Crippen molar-refractivity contribution < 1.29 is 24.3 Å². The number of aliphatic carboxylic acids is 1. The predicted molar refractivity (Wildman–Crippen MR) is 158 cm³/mol. The number of hydrogen-bond donors (Lipinski definition) is 4. The number of carbonyl (C=O) groups excluding carboxylic acids is 3. The number of nitrogens with one attached hydrogen (secondary N) is 2. The van der Waals surface area contributed by atoms with Gasteiger partial charge in [-0.1, -0.05) is 49.7 Å². The molecular weight excluding hydrogens is 552 g/mol. The van der Waals surface area contributed by atoms with E-state index < -0.39 is 41.8 Å². The van der Waals surface area contributed by atoms with E-state index in [1.54, 1.807) is 49.4 Å². The van der Waals surface area contributed by atoms with Gasteiger partial charge in [0.1, 0.15) is 12.1 Å². The van der Waals surface area contributed by atoms with Crippen LogP contribution in [-0.2, 0) is 20.8 Å². The second-order valence-corrected chi connectivity index (χ2v) is 11.2. The van der Waals surface area contributed by atoms with Crippen LogP contribution in [0.3, 0.4) is 0 Å². The number of nitrogens with two attached hydrogens (primary N) is 1. The average Bonchev–Trinajstić information content (AvgIpc) is 3.41. The molecule has 0 fully saturated rings. The lowest BCUT2D eigenvalue weighted by Gasteiger charge is -2.32. The first kappa shape index (κ1) is 30.8. The van der Waals surface area contributed by atoms with E-state index in [-0.39, 0.29) is 29.3 Å². The van der Waals surface area contributed by atoms with Crippen LogP contribution in [0.1, 0.15) is 43.1 Å². The first-order valence-corrected chi connectivity index (χ1v) is 14.0. The molecule has 0 saturated carbocycles. The summed E-state index contributed by atoms with van der Waals surface area (Å²) in [7, 11) is 0. The summed E-state index contributed by atoms with van der Waals surface area (Å²) in [6.07, 6.45) is -0.0744.